The predicted molar refractivity (Wildman–Crippen MR) is 107 cm³/mol. The molecule has 3 rings (SSSR count). The molecule has 1 fully saturated rings. The molecule has 8 heteroatoms. The Balaban J connectivity index is 1.53. The summed E-state index contributed by atoms with van der Waals surface area (Å²) >= 11 is 0. The van der Waals surface area contributed by atoms with E-state index in [4.69, 9.17) is 4.74 Å². The van der Waals surface area contributed by atoms with Crippen molar-refractivity contribution in [2.75, 3.05) is 48.4 Å². The Kier molecular flexibility index (Phi) is 5.95. The van der Waals surface area contributed by atoms with Gasteiger partial charge in [0.15, 0.2) is 11.6 Å². The number of aromatic nitrogens is 2. The number of hydrogen-bond donors (Lipinski definition) is 2. The molecule has 2 N–H and O–H groups in total. The number of carbonyl (C=O) groups excluding carboxylic acids is 1. The maximum Gasteiger partial charge on any atom is 0.320 e. The smallest absolute Gasteiger partial charge is 0.320 e. The molecule has 0 saturated carbocycles. The number of ether oxygens (including phenoxy) is 1. The van der Waals surface area contributed by atoms with Crippen LogP contribution < -0.4 is 25.2 Å². The Labute approximate surface area is 159 Å². The molecule has 0 atom stereocenters. The van der Waals surface area contributed by atoms with E-state index in [1.807, 2.05) is 32.0 Å². The number of methoxy groups -OCH3 is 1. The van der Waals surface area contributed by atoms with E-state index in [1.54, 1.807) is 13.2 Å². The summed E-state index contributed by atoms with van der Waals surface area (Å²) in [5.74, 6) is 2.12. The fourth-order valence-electron chi connectivity index (χ4n) is 2.96. The predicted octanol–water partition coefficient (Wildman–Crippen LogP) is 2.34. The summed E-state index contributed by atoms with van der Waals surface area (Å²) in [4.78, 5) is 16.2. The average molecular weight is 370 g/mol. The molecular weight excluding hydrogens is 344 g/mol. The van der Waals surface area contributed by atoms with Gasteiger partial charge in [0.25, 0.3) is 0 Å². The lowest BCUT2D eigenvalue weighted by atomic mass is 10.2. The number of rotatable bonds is 5. The Morgan fingerprint density at radius 3 is 2.22 bits per heavy atom. The number of anilines is 3. The molecule has 0 bridgehead atoms. The van der Waals surface area contributed by atoms with E-state index in [-0.39, 0.29) is 12.1 Å². The summed E-state index contributed by atoms with van der Waals surface area (Å²) in [6.45, 7) is 7.35. The second-order valence-electron chi connectivity index (χ2n) is 6.70. The van der Waals surface area contributed by atoms with Crippen LogP contribution in [0.4, 0.5) is 22.1 Å². The molecule has 1 aromatic heterocycles. The van der Waals surface area contributed by atoms with E-state index >= 15 is 0 Å². The minimum atomic E-state index is -0.278. The first-order chi connectivity index (χ1) is 13.0. The van der Waals surface area contributed by atoms with Crippen molar-refractivity contribution in [3.63, 3.8) is 0 Å². The molecule has 2 amide bonds. The minimum absolute atomic E-state index is 0.0687. The summed E-state index contributed by atoms with van der Waals surface area (Å²) in [6.07, 6.45) is 0. The zero-order valence-corrected chi connectivity index (χ0v) is 16.0. The highest BCUT2D eigenvalue weighted by Gasteiger charge is 2.19. The summed E-state index contributed by atoms with van der Waals surface area (Å²) < 4.78 is 5.21. The molecule has 1 aliphatic heterocycles. The highest BCUT2D eigenvalue weighted by molar-refractivity contribution is 5.88. The zero-order valence-electron chi connectivity index (χ0n) is 16.0. The topological polar surface area (TPSA) is 82.6 Å². The molecular formula is C19H26N6O2. The second-order valence-corrected chi connectivity index (χ2v) is 6.70. The van der Waals surface area contributed by atoms with E-state index < -0.39 is 0 Å². The van der Waals surface area contributed by atoms with E-state index in [2.05, 4.69) is 42.8 Å². The maximum absolute atomic E-state index is 11.7. The Morgan fingerprint density at radius 2 is 1.67 bits per heavy atom. The SMILES string of the molecule is COc1ccc(N2CCN(c3ccc(NC(=O)NC(C)C)nn3)CC2)cc1. The van der Waals surface area contributed by atoms with Crippen molar-refractivity contribution in [1.29, 1.82) is 0 Å². The van der Waals surface area contributed by atoms with Gasteiger partial charge >= 0.3 is 6.03 Å². The molecule has 144 valence electrons. The lowest BCUT2D eigenvalue weighted by molar-refractivity contribution is 0.250. The number of nitrogens with one attached hydrogen (secondary N) is 2. The molecule has 27 heavy (non-hydrogen) atoms. The lowest BCUT2D eigenvalue weighted by Crippen LogP contribution is -2.46. The van der Waals surface area contributed by atoms with Gasteiger partial charge in [-0.15, -0.1) is 10.2 Å². The van der Waals surface area contributed by atoms with Gasteiger partial charge in [-0.25, -0.2) is 4.79 Å². The van der Waals surface area contributed by atoms with Crippen molar-refractivity contribution in [3.8, 4) is 5.75 Å². The van der Waals surface area contributed by atoms with Gasteiger partial charge in [-0.2, -0.15) is 0 Å². The van der Waals surface area contributed by atoms with Gasteiger partial charge in [0.1, 0.15) is 5.75 Å². The largest absolute Gasteiger partial charge is 0.497 e. The van der Waals surface area contributed by atoms with Crippen molar-refractivity contribution >= 4 is 23.4 Å². The van der Waals surface area contributed by atoms with Crippen molar-refractivity contribution < 1.29 is 9.53 Å². The molecule has 1 saturated heterocycles. The first-order valence-electron chi connectivity index (χ1n) is 9.10. The second kappa shape index (κ2) is 8.57. The van der Waals surface area contributed by atoms with Crippen LogP contribution in [0, 0.1) is 0 Å². The number of nitrogens with zero attached hydrogens (tertiary/aromatic N) is 4. The van der Waals surface area contributed by atoms with Crippen LogP contribution in [0.2, 0.25) is 0 Å². The molecule has 1 aromatic carbocycles. The van der Waals surface area contributed by atoms with Crippen LogP contribution in [-0.4, -0.2) is 55.6 Å². The van der Waals surface area contributed by atoms with Gasteiger partial charge in [0.2, 0.25) is 0 Å². The summed E-state index contributed by atoms with van der Waals surface area (Å²) in [5.41, 5.74) is 1.19. The number of benzene rings is 1. The fraction of sp³-hybridized carbons (Fsp3) is 0.421. The Bertz CT molecular complexity index is 740. The van der Waals surface area contributed by atoms with E-state index in [9.17, 15) is 4.79 Å². The molecule has 2 heterocycles. The van der Waals surface area contributed by atoms with Crippen LogP contribution in [-0.2, 0) is 0 Å². The standard InChI is InChI=1S/C19H26N6O2/c1-14(2)20-19(26)21-17-8-9-18(23-22-17)25-12-10-24(11-13-25)15-4-6-16(27-3)7-5-15/h4-9,14H,10-13H2,1-3H3,(H2,20,21,22,26). The Hall–Kier alpha value is -3.03. The highest BCUT2D eigenvalue weighted by atomic mass is 16.5. The minimum Gasteiger partial charge on any atom is -0.497 e. The number of carbonyl (C=O) groups is 1. The van der Waals surface area contributed by atoms with Gasteiger partial charge < -0.3 is 19.9 Å². The number of hydrogen-bond acceptors (Lipinski definition) is 6. The van der Waals surface area contributed by atoms with Gasteiger partial charge in [-0.05, 0) is 50.2 Å². The average Bonchev–Trinajstić information content (AvgIpc) is 2.68. The monoisotopic (exact) mass is 370 g/mol. The summed E-state index contributed by atoms with van der Waals surface area (Å²) in [5, 5.41) is 13.8. The number of piperazine rings is 1. The van der Waals surface area contributed by atoms with Gasteiger partial charge in [-0.1, -0.05) is 0 Å². The molecule has 0 aliphatic carbocycles. The molecule has 0 unspecified atom stereocenters. The first kappa shape index (κ1) is 18.8. The van der Waals surface area contributed by atoms with Crippen LogP contribution in [0.25, 0.3) is 0 Å². The summed E-state index contributed by atoms with van der Waals surface area (Å²) in [6, 6.07) is 11.6. The third-order valence-electron chi connectivity index (χ3n) is 4.35. The van der Waals surface area contributed by atoms with E-state index in [0.29, 0.717) is 5.82 Å². The first-order valence-corrected chi connectivity index (χ1v) is 9.10. The normalized spacial score (nSPS) is 14.2. The van der Waals surface area contributed by atoms with Crippen LogP contribution >= 0.6 is 0 Å². The van der Waals surface area contributed by atoms with Crippen molar-refractivity contribution in [3.05, 3.63) is 36.4 Å². The maximum atomic E-state index is 11.7. The van der Waals surface area contributed by atoms with Gasteiger partial charge in [0, 0.05) is 37.9 Å². The zero-order chi connectivity index (χ0) is 19.2. The van der Waals surface area contributed by atoms with Crippen LogP contribution in [0.3, 0.4) is 0 Å². The number of amides is 2. The lowest BCUT2D eigenvalue weighted by Gasteiger charge is -2.36. The fourth-order valence-corrected chi connectivity index (χ4v) is 2.96. The molecule has 0 radical (unpaired) electrons. The third kappa shape index (κ3) is 4.99. The number of urea groups is 1. The quantitative estimate of drug-likeness (QED) is 0.841. The van der Waals surface area contributed by atoms with E-state index in [0.717, 1.165) is 37.7 Å². The van der Waals surface area contributed by atoms with Crippen molar-refractivity contribution in [2.45, 2.75) is 19.9 Å². The Morgan fingerprint density at radius 1 is 1.00 bits per heavy atom. The highest BCUT2D eigenvalue weighted by Crippen LogP contribution is 2.22. The molecule has 1 aliphatic rings. The summed E-state index contributed by atoms with van der Waals surface area (Å²) in [7, 11) is 1.67. The van der Waals surface area contributed by atoms with Crippen LogP contribution in [0.5, 0.6) is 5.75 Å². The molecule has 8 nitrogen and oxygen atoms in total. The molecule has 2 aromatic rings. The molecule has 0 spiro atoms. The van der Waals surface area contributed by atoms with Crippen LogP contribution in [0.15, 0.2) is 36.4 Å². The van der Waals surface area contributed by atoms with Crippen molar-refractivity contribution in [2.24, 2.45) is 0 Å². The third-order valence-corrected chi connectivity index (χ3v) is 4.35. The van der Waals surface area contributed by atoms with Crippen molar-refractivity contribution in [1.82, 2.24) is 15.5 Å². The van der Waals surface area contributed by atoms with Crippen LogP contribution in [0.1, 0.15) is 13.8 Å². The van der Waals surface area contributed by atoms with Gasteiger partial charge in [0.05, 0.1) is 7.11 Å². The van der Waals surface area contributed by atoms with E-state index in [1.165, 1.54) is 5.69 Å². The van der Waals surface area contributed by atoms with Gasteiger partial charge in [-0.3, -0.25) is 5.32 Å².